The molecule has 3 heterocycles. The van der Waals surface area contributed by atoms with E-state index in [0.717, 1.165) is 24.3 Å². The third-order valence-electron chi connectivity index (χ3n) is 7.25. The molecule has 5 rings (SSSR count). The van der Waals surface area contributed by atoms with Crippen molar-refractivity contribution in [2.45, 2.75) is 61.4 Å². The first kappa shape index (κ1) is 33.6. The topological polar surface area (TPSA) is 269 Å². The SMILES string of the molecule is Cl.O=c1cc2oc(-c3ccc(O)c(O)c3)c(O[C@@H]3O[C@H](CO)[C@@H](O)[C@H](O)[C@H]3O[C@@H]3O[C@H](CO)[C@@H](O)[C@H](O)[C@H]3O)cc-2c(O)c1. The van der Waals surface area contributed by atoms with Crippen molar-refractivity contribution < 1.29 is 74.4 Å². The summed E-state index contributed by atoms with van der Waals surface area (Å²) in [6.45, 7) is -1.57. The van der Waals surface area contributed by atoms with Gasteiger partial charge in [0, 0.05) is 17.7 Å². The predicted molar refractivity (Wildman–Crippen MR) is 146 cm³/mol. The molecule has 0 spiro atoms. The number of hydrogen-bond donors (Lipinski definition) is 10. The van der Waals surface area contributed by atoms with Crippen LogP contribution in [-0.2, 0) is 14.2 Å². The van der Waals surface area contributed by atoms with Crippen LogP contribution in [0.2, 0.25) is 0 Å². The number of fused-ring (bicyclic) bond motifs is 1. The number of phenolic OH excluding ortho intramolecular Hbond substituents is 3. The molecule has 0 unspecified atom stereocenters. The minimum atomic E-state index is -1.90. The Bertz CT molecular complexity index is 1460. The molecule has 0 amide bonds. The molecular weight excluding hydrogens is 616 g/mol. The van der Waals surface area contributed by atoms with Crippen molar-refractivity contribution in [1.82, 2.24) is 0 Å². The van der Waals surface area contributed by atoms with E-state index in [1.54, 1.807) is 0 Å². The van der Waals surface area contributed by atoms with Crippen molar-refractivity contribution in [2.24, 2.45) is 0 Å². The van der Waals surface area contributed by atoms with Crippen LogP contribution in [0.15, 0.2) is 45.6 Å². The van der Waals surface area contributed by atoms with Gasteiger partial charge < -0.3 is 74.4 Å². The lowest BCUT2D eigenvalue weighted by atomic mass is 9.97. The first-order valence-corrected chi connectivity index (χ1v) is 13.0. The van der Waals surface area contributed by atoms with E-state index < -0.39 is 97.3 Å². The summed E-state index contributed by atoms with van der Waals surface area (Å²) in [6, 6.07) is 6.79. The van der Waals surface area contributed by atoms with Gasteiger partial charge in [-0.3, -0.25) is 4.79 Å². The van der Waals surface area contributed by atoms with Gasteiger partial charge in [-0.15, -0.1) is 12.4 Å². The highest BCUT2D eigenvalue weighted by atomic mass is 35.5. The second-order valence-corrected chi connectivity index (χ2v) is 10.1. The van der Waals surface area contributed by atoms with Crippen LogP contribution in [0.1, 0.15) is 0 Å². The van der Waals surface area contributed by atoms with E-state index in [2.05, 4.69) is 0 Å². The molecule has 0 saturated carbocycles. The fourth-order valence-corrected chi connectivity index (χ4v) is 4.88. The number of halogens is 1. The Hall–Kier alpha value is -3.26. The molecule has 1 aromatic carbocycles. The molecule has 0 aromatic heterocycles. The fraction of sp³-hybridized carbons (Fsp3) is 0.444. The van der Waals surface area contributed by atoms with E-state index in [1.807, 2.05) is 0 Å². The van der Waals surface area contributed by atoms with Gasteiger partial charge in [0.15, 0.2) is 40.8 Å². The van der Waals surface area contributed by atoms with Gasteiger partial charge in [0.2, 0.25) is 6.29 Å². The molecular formula is C27H31ClO16. The lowest BCUT2D eigenvalue weighted by Gasteiger charge is -2.45. The van der Waals surface area contributed by atoms with Crippen molar-refractivity contribution in [3.8, 4) is 45.6 Å². The minimum absolute atomic E-state index is 0. The largest absolute Gasteiger partial charge is 0.507 e. The fourth-order valence-electron chi connectivity index (χ4n) is 4.88. The maximum atomic E-state index is 12.0. The van der Waals surface area contributed by atoms with Crippen LogP contribution in [0.4, 0.5) is 0 Å². The van der Waals surface area contributed by atoms with Gasteiger partial charge in [0.1, 0.15) is 54.2 Å². The zero-order valence-electron chi connectivity index (χ0n) is 22.5. The molecule has 2 saturated heterocycles. The molecule has 3 aliphatic heterocycles. The molecule has 2 fully saturated rings. The van der Waals surface area contributed by atoms with E-state index in [0.29, 0.717) is 0 Å². The Morgan fingerprint density at radius 2 is 1.34 bits per heavy atom. The number of rotatable bonds is 7. The van der Waals surface area contributed by atoms with E-state index in [1.165, 1.54) is 12.1 Å². The van der Waals surface area contributed by atoms with Crippen molar-refractivity contribution in [2.75, 3.05) is 13.2 Å². The molecule has 4 aliphatic rings. The van der Waals surface area contributed by atoms with Gasteiger partial charge in [-0.25, -0.2) is 0 Å². The molecule has 10 N–H and O–H groups in total. The smallest absolute Gasteiger partial charge is 0.229 e. The molecule has 44 heavy (non-hydrogen) atoms. The lowest BCUT2D eigenvalue weighted by molar-refractivity contribution is -0.357. The van der Waals surface area contributed by atoms with Gasteiger partial charge in [-0.1, -0.05) is 0 Å². The summed E-state index contributed by atoms with van der Waals surface area (Å²) in [5.74, 6) is -2.02. The molecule has 16 nitrogen and oxygen atoms in total. The Labute approximate surface area is 253 Å². The summed E-state index contributed by atoms with van der Waals surface area (Å²) in [4.78, 5) is 12.0. The van der Waals surface area contributed by atoms with Crippen LogP contribution in [-0.4, -0.2) is 126 Å². The highest BCUT2D eigenvalue weighted by molar-refractivity contribution is 5.85. The molecule has 0 bridgehead atoms. The van der Waals surface area contributed by atoms with Crippen molar-refractivity contribution in [3.05, 3.63) is 46.6 Å². The summed E-state index contributed by atoms with van der Waals surface area (Å²) in [6.07, 6.45) is -17.2. The van der Waals surface area contributed by atoms with Gasteiger partial charge >= 0.3 is 0 Å². The van der Waals surface area contributed by atoms with Gasteiger partial charge in [0.05, 0.1) is 18.8 Å². The quantitative estimate of drug-likeness (QED) is 0.124. The Balaban J connectivity index is 0.00000442. The second-order valence-electron chi connectivity index (χ2n) is 10.1. The predicted octanol–water partition coefficient (Wildman–Crippen LogP) is -2.05. The maximum Gasteiger partial charge on any atom is 0.229 e. The van der Waals surface area contributed by atoms with Crippen LogP contribution >= 0.6 is 12.4 Å². The molecule has 0 radical (unpaired) electrons. The highest BCUT2D eigenvalue weighted by Crippen LogP contribution is 2.43. The molecule has 1 aliphatic carbocycles. The maximum absolute atomic E-state index is 12.0. The second kappa shape index (κ2) is 13.4. The number of aromatic hydroxyl groups is 3. The summed E-state index contributed by atoms with van der Waals surface area (Å²) in [5, 5.41) is 102. The monoisotopic (exact) mass is 646 g/mol. The minimum Gasteiger partial charge on any atom is -0.507 e. The van der Waals surface area contributed by atoms with Crippen LogP contribution in [0.3, 0.4) is 0 Å². The highest BCUT2D eigenvalue weighted by Gasteiger charge is 2.51. The molecule has 1 aromatic rings. The van der Waals surface area contributed by atoms with E-state index >= 15 is 0 Å². The number of aliphatic hydroxyl groups excluding tert-OH is 7. The summed E-state index contributed by atoms with van der Waals surface area (Å²) >= 11 is 0. The zero-order valence-corrected chi connectivity index (χ0v) is 23.3. The summed E-state index contributed by atoms with van der Waals surface area (Å²) in [7, 11) is 0. The van der Waals surface area contributed by atoms with Crippen LogP contribution in [0, 0.1) is 0 Å². The van der Waals surface area contributed by atoms with Crippen molar-refractivity contribution in [1.29, 1.82) is 0 Å². The molecule has 242 valence electrons. The molecule has 10 atom stereocenters. The number of hydrogen-bond acceptors (Lipinski definition) is 16. The van der Waals surface area contributed by atoms with Crippen LogP contribution in [0.25, 0.3) is 22.6 Å². The van der Waals surface area contributed by atoms with E-state index in [9.17, 15) is 55.9 Å². The lowest BCUT2D eigenvalue weighted by Crippen LogP contribution is -2.65. The normalized spacial score (nSPS) is 32.2. The van der Waals surface area contributed by atoms with Crippen molar-refractivity contribution in [3.63, 3.8) is 0 Å². The first-order valence-electron chi connectivity index (χ1n) is 13.0. The average Bonchev–Trinajstić information content (AvgIpc) is 2.98. The number of benzene rings is 2. The van der Waals surface area contributed by atoms with Crippen LogP contribution < -0.4 is 10.2 Å². The summed E-state index contributed by atoms with van der Waals surface area (Å²) in [5.41, 5.74) is -0.499. The first-order chi connectivity index (χ1) is 20.4. The zero-order chi connectivity index (χ0) is 31.2. The van der Waals surface area contributed by atoms with Gasteiger partial charge in [-0.2, -0.15) is 0 Å². The van der Waals surface area contributed by atoms with E-state index in [4.69, 9.17) is 23.4 Å². The van der Waals surface area contributed by atoms with Gasteiger partial charge in [-0.05, 0) is 24.3 Å². The van der Waals surface area contributed by atoms with Crippen molar-refractivity contribution >= 4 is 12.4 Å². The number of aliphatic hydroxyl groups is 7. The standard InChI is InChI=1S/C27H30O16.ClH/c28-7-17-19(34)21(36)23(38)26(41-17)43-25-22(37)20(35)18(8-29)42-27(25)40-16-6-11-13(32)4-10(30)5-15(11)39-24(16)9-1-2-12(31)14(33)3-9;/h1-6,17-23,25-29,31-38H,7-8H2;1H/t17-,18-,19-,20-,21+,22+,23-,25-,26+,27-;/m1./s1. The van der Waals surface area contributed by atoms with Gasteiger partial charge in [0.25, 0.3) is 0 Å². The Morgan fingerprint density at radius 3 is 1.98 bits per heavy atom. The third kappa shape index (κ3) is 6.28. The Kier molecular flexibility index (Phi) is 10.2. The van der Waals surface area contributed by atoms with E-state index in [-0.39, 0.29) is 40.8 Å². The Morgan fingerprint density at radius 1 is 0.705 bits per heavy atom. The summed E-state index contributed by atoms with van der Waals surface area (Å²) < 4.78 is 28.5. The third-order valence-corrected chi connectivity index (χ3v) is 7.25. The van der Waals surface area contributed by atoms with Crippen LogP contribution in [0.5, 0.6) is 23.0 Å². The average molecular weight is 647 g/mol. The number of phenols is 3. The number of ether oxygens (including phenoxy) is 4. The molecule has 17 heteroatoms.